The minimum absolute atomic E-state index is 0.702. The number of halogens is 1. The number of aryl methyl sites for hydroxylation is 2. The van der Waals surface area contributed by atoms with Gasteiger partial charge in [0.15, 0.2) is 0 Å². The quantitative estimate of drug-likeness (QED) is 0.430. The molecule has 0 aliphatic rings. The molecule has 0 bridgehead atoms. The minimum atomic E-state index is 0.702. The van der Waals surface area contributed by atoms with E-state index < -0.39 is 0 Å². The van der Waals surface area contributed by atoms with Crippen LogP contribution < -0.4 is 0 Å². The lowest BCUT2D eigenvalue weighted by molar-refractivity contribution is 1.22. The van der Waals surface area contributed by atoms with Crippen molar-refractivity contribution in [1.82, 2.24) is 9.97 Å². The number of hydrogen-bond donors (Lipinski definition) is 0. The maximum atomic E-state index is 6.68. The van der Waals surface area contributed by atoms with Crippen LogP contribution in [0.25, 0.3) is 33.3 Å². The molecule has 1 heterocycles. The SMILES string of the molecule is Cc1ccccc1-c1c(C)ccc(Cl)c1-c1ncnc2ccccc12. The summed E-state index contributed by atoms with van der Waals surface area (Å²) in [5.41, 5.74) is 7.46. The largest absolute Gasteiger partial charge is 0.236 e. The molecule has 25 heavy (non-hydrogen) atoms. The first kappa shape index (κ1) is 15.8. The number of para-hydroxylation sites is 1. The van der Waals surface area contributed by atoms with Gasteiger partial charge in [0, 0.05) is 10.9 Å². The smallest absolute Gasteiger partial charge is 0.116 e. The Hall–Kier alpha value is -2.71. The zero-order chi connectivity index (χ0) is 17.4. The second-order valence-electron chi connectivity index (χ2n) is 6.17. The maximum absolute atomic E-state index is 6.68. The molecule has 0 saturated heterocycles. The van der Waals surface area contributed by atoms with Gasteiger partial charge in [0.2, 0.25) is 0 Å². The van der Waals surface area contributed by atoms with E-state index in [0.29, 0.717) is 5.02 Å². The molecule has 2 nitrogen and oxygen atoms in total. The standard InChI is InChI=1S/C22H17ClN2/c1-14-7-3-4-8-16(14)20-15(2)11-12-18(23)21(20)22-17-9-5-6-10-19(17)24-13-25-22/h3-13H,1-2H3. The third-order valence-corrected chi connectivity index (χ3v) is 4.87. The van der Waals surface area contributed by atoms with E-state index in [2.05, 4.69) is 54.1 Å². The monoisotopic (exact) mass is 344 g/mol. The van der Waals surface area contributed by atoms with E-state index in [1.54, 1.807) is 6.33 Å². The first-order valence-corrected chi connectivity index (χ1v) is 8.60. The zero-order valence-electron chi connectivity index (χ0n) is 14.1. The van der Waals surface area contributed by atoms with Gasteiger partial charge in [-0.25, -0.2) is 9.97 Å². The molecule has 0 spiro atoms. The van der Waals surface area contributed by atoms with E-state index in [1.165, 1.54) is 16.7 Å². The Morgan fingerprint density at radius 2 is 1.48 bits per heavy atom. The van der Waals surface area contributed by atoms with Gasteiger partial charge >= 0.3 is 0 Å². The van der Waals surface area contributed by atoms with Gasteiger partial charge in [-0.1, -0.05) is 60.1 Å². The van der Waals surface area contributed by atoms with Gasteiger partial charge in [-0.2, -0.15) is 0 Å². The summed E-state index contributed by atoms with van der Waals surface area (Å²) >= 11 is 6.68. The van der Waals surface area contributed by atoms with Crippen molar-refractivity contribution in [2.45, 2.75) is 13.8 Å². The third-order valence-electron chi connectivity index (χ3n) is 4.56. The van der Waals surface area contributed by atoms with Gasteiger partial charge in [0.05, 0.1) is 16.2 Å². The lowest BCUT2D eigenvalue weighted by Gasteiger charge is -2.17. The van der Waals surface area contributed by atoms with Crippen LogP contribution in [0.1, 0.15) is 11.1 Å². The number of aromatic nitrogens is 2. The van der Waals surface area contributed by atoms with E-state index in [9.17, 15) is 0 Å². The Balaban J connectivity index is 2.12. The van der Waals surface area contributed by atoms with E-state index >= 15 is 0 Å². The Morgan fingerprint density at radius 3 is 2.32 bits per heavy atom. The molecule has 0 aliphatic heterocycles. The molecule has 0 amide bonds. The lowest BCUT2D eigenvalue weighted by atomic mass is 9.89. The predicted molar refractivity (Wildman–Crippen MR) is 105 cm³/mol. The summed E-state index contributed by atoms with van der Waals surface area (Å²) in [5, 5.41) is 1.71. The van der Waals surface area contributed by atoms with Crippen LogP contribution in [0.5, 0.6) is 0 Å². The highest BCUT2D eigenvalue weighted by Crippen LogP contribution is 2.42. The molecule has 0 N–H and O–H groups in total. The fourth-order valence-corrected chi connectivity index (χ4v) is 3.56. The van der Waals surface area contributed by atoms with Crippen molar-refractivity contribution in [2.75, 3.05) is 0 Å². The molecule has 0 saturated carbocycles. The molecule has 4 aromatic rings. The summed E-state index contributed by atoms with van der Waals surface area (Å²) in [7, 11) is 0. The summed E-state index contributed by atoms with van der Waals surface area (Å²) in [6.07, 6.45) is 1.61. The number of rotatable bonds is 2. The van der Waals surface area contributed by atoms with Crippen LogP contribution in [-0.4, -0.2) is 9.97 Å². The van der Waals surface area contributed by atoms with E-state index in [4.69, 9.17) is 11.6 Å². The summed E-state index contributed by atoms with van der Waals surface area (Å²) in [5.74, 6) is 0. The molecule has 0 atom stereocenters. The average Bonchev–Trinajstić information content (AvgIpc) is 2.64. The second-order valence-corrected chi connectivity index (χ2v) is 6.58. The first-order chi connectivity index (χ1) is 12.2. The molecule has 0 fully saturated rings. The Morgan fingerprint density at radius 1 is 0.720 bits per heavy atom. The molecular formula is C22H17ClN2. The molecule has 3 heteroatoms. The number of nitrogens with zero attached hydrogens (tertiary/aromatic N) is 2. The van der Waals surface area contributed by atoms with Crippen molar-refractivity contribution < 1.29 is 0 Å². The summed E-state index contributed by atoms with van der Waals surface area (Å²) in [6, 6.07) is 20.4. The average molecular weight is 345 g/mol. The highest BCUT2D eigenvalue weighted by Gasteiger charge is 2.18. The second kappa shape index (κ2) is 6.30. The number of benzene rings is 3. The van der Waals surface area contributed by atoms with Crippen LogP contribution in [-0.2, 0) is 0 Å². The fourth-order valence-electron chi connectivity index (χ4n) is 3.32. The molecule has 0 unspecified atom stereocenters. The maximum Gasteiger partial charge on any atom is 0.116 e. The zero-order valence-corrected chi connectivity index (χ0v) is 14.9. The molecule has 0 radical (unpaired) electrons. The van der Waals surface area contributed by atoms with Crippen LogP contribution in [0.2, 0.25) is 5.02 Å². The van der Waals surface area contributed by atoms with Crippen molar-refractivity contribution >= 4 is 22.5 Å². The minimum Gasteiger partial charge on any atom is -0.236 e. The van der Waals surface area contributed by atoms with E-state index in [1.807, 2.05) is 30.3 Å². The molecule has 3 aromatic carbocycles. The highest BCUT2D eigenvalue weighted by molar-refractivity contribution is 6.34. The molecular weight excluding hydrogens is 328 g/mol. The van der Waals surface area contributed by atoms with Crippen molar-refractivity contribution in [2.24, 2.45) is 0 Å². The Kier molecular flexibility index (Phi) is 3.98. The van der Waals surface area contributed by atoms with Crippen LogP contribution in [0.3, 0.4) is 0 Å². The molecule has 4 rings (SSSR count). The fraction of sp³-hybridized carbons (Fsp3) is 0.0909. The van der Waals surface area contributed by atoms with E-state index in [-0.39, 0.29) is 0 Å². The molecule has 0 aliphatic carbocycles. The first-order valence-electron chi connectivity index (χ1n) is 8.22. The number of fused-ring (bicyclic) bond motifs is 1. The summed E-state index contributed by atoms with van der Waals surface area (Å²) in [4.78, 5) is 8.98. The highest BCUT2D eigenvalue weighted by atomic mass is 35.5. The van der Waals surface area contributed by atoms with E-state index in [0.717, 1.165) is 27.7 Å². The van der Waals surface area contributed by atoms with Crippen molar-refractivity contribution in [1.29, 1.82) is 0 Å². The summed E-state index contributed by atoms with van der Waals surface area (Å²) in [6.45, 7) is 4.24. The van der Waals surface area contributed by atoms with Crippen LogP contribution in [0.4, 0.5) is 0 Å². The van der Waals surface area contributed by atoms with Crippen LogP contribution >= 0.6 is 11.6 Å². The third kappa shape index (κ3) is 2.69. The molecule has 122 valence electrons. The number of hydrogen-bond acceptors (Lipinski definition) is 2. The predicted octanol–water partition coefficient (Wildman–Crippen LogP) is 6.23. The Bertz CT molecular complexity index is 1080. The van der Waals surface area contributed by atoms with Gasteiger partial charge < -0.3 is 0 Å². The summed E-state index contributed by atoms with van der Waals surface area (Å²) < 4.78 is 0. The van der Waals surface area contributed by atoms with Crippen LogP contribution in [0, 0.1) is 13.8 Å². The Labute approximate surface area is 152 Å². The van der Waals surface area contributed by atoms with Gasteiger partial charge in [-0.05, 0) is 48.2 Å². The van der Waals surface area contributed by atoms with Gasteiger partial charge in [0.1, 0.15) is 6.33 Å². The van der Waals surface area contributed by atoms with Gasteiger partial charge in [0.25, 0.3) is 0 Å². The lowest BCUT2D eigenvalue weighted by Crippen LogP contribution is -1.96. The van der Waals surface area contributed by atoms with Gasteiger partial charge in [-0.3, -0.25) is 0 Å². The normalized spacial score (nSPS) is 11.0. The van der Waals surface area contributed by atoms with Crippen LogP contribution in [0.15, 0.2) is 67.0 Å². The van der Waals surface area contributed by atoms with Crippen molar-refractivity contribution in [3.63, 3.8) is 0 Å². The van der Waals surface area contributed by atoms with Crippen molar-refractivity contribution in [3.05, 3.63) is 83.1 Å². The van der Waals surface area contributed by atoms with Gasteiger partial charge in [-0.15, -0.1) is 0 Å². The topological polar surface area (TPSA) is 25.8 Å². The van der Waals surface area contributed by atoms with Crippen molar-refractivity contribution in [3.8, 4) is 22.4 Å². The molecule has 1 aromatic heterocycles.